The van der Waals surface area contributed by atoms with Gasteiger partial charge in [-0.05, 0) is 54.6 Å². The summed E-state index contributed by atoms with van der Waals surface area (Å²) in [4.78, 5) is 12.0. The minimum atomic E-state index is -0.781. The number of benzene rings is 2. The SMILES string of the molecule is O=C(Nc1ccc(Oc2ccc(-n3cccc3)nn2)cc1)Nc1cc(F)cc(F)c1. The smallest absolute Gasteiger partial charge is 0.323 e. The highest BCUT2D eigenvalue weighted by molar-refractivity contribution is 5.99. The van der Waals surface area contributed by atoms with Crippen LogP contribution in [-0.4, -0.2) is 20.8 Å². The highest BCUT2D eigenvalue weighted by Crippen LogP contribution is 2.22. The fraction of sp³-hybridized carbons (Fsp3) is 0. The van der Waals surface area contributed by atoms with Crippen LogP contribution in [0.1, 0.15) is 0 Å². The number of amides is 2. The van der Waals surface area contributed by atoms with Gasteiger partial charge >= 0.3 is 6.03 Å². The fourth-order valence-corrected chi connectivity index (χ4v) is 2.64. The molecule has 4 aromatic rings. The van der Waals surface area contributed by atoms with Gasteiger partial charge < -0.3 is 19.9 Å². The van der Waals surface area contributed by atoms with E-state index in [2.05, 4.69) is 20.8 Å². The van der Waals surface area contributed by atoms with Crippen molar-refractivity contribution in [3.05, 3.63) is 90.8 Å². The number of aromatic nitrogens is 3. The molecular weight excluding hydrogens is 392 g/mol. The number of rotatable bonds is 5. The number of anilines is 2. The summed E-state index contributed by atoms with van der Waals surface area (Å²) in [6.07, 6.45) is 3.72. The minimum absolute atomic E-state index is 0.00638. The lowest BCUT2D eigenvalue weighted by Gasteiger charge is -2.09. The van der Waals surface area contributed by atoms with Crippen LogP contribution in [0.5, 0.6) is 11.6 Å². The molecule has 4 rings (SSSR count). The molecular formula is C21H15F2N5O2. The molecule has 0 aliphatic carbocycles. The van der Waals surface area contributed by atoms with Crippen molar-refractivity contribution in [3.63, 3.8) is 0 Å². The van der Waals surface area contributed by atoms with E-state index in [1.54, 1.807) is 36.4 Å². The number of halogens is 2. The van der Waals surface area contributed by atoms with Crippen molar-refractivity contribution in [1.29, 1.82) is 0 Å². The molecule has 0 unspecified atom stereocenters. The summed E-state index contributed by atoms with van der Waals surface area (Å²) < 4.78 is 33.8. The Labute approximate surface area is 170 Å². The monoisotopic (exact) mass is 407 g/mol. The van der Waals surface area contributed by atoms with Gasteiger partial charge in [-0.15, -0.1) is 10.2 Å². The van der Waals surface area contributed by atoms with E-state index in [-0.39, 0.29) is 5.69 Å². The quantitative estimate of drug-likeness (QED) is 0.489. The van der Waals surface area contributed by atoms with Gasteiger partial charge in [0.15, 0.2) is 5.82 Å². The Kier molecular flexibility index (Phi) is 5.33. The molecule has 0 fully saturated rings. The van der Waals surface area contributed by atoms with Crippen molar-refractivity contribution in [2.45, 2.75) is 0 Å². The summed E-state index contributed by atoms with van der Waals surface area (Å²) in [5, 5.41) is 13.0. The molecule has 2 aromatic heterocycles. The number of carbonyl (C=O) groups is 1. The van der Waals surface area contributed by atoms with Gasteiger partial charge in [0.05, 0.1) is 0 Å². The maximum Gasteiger partial charge on any atom is 0.323 e. The van der Waals surface area contributed by atoms with E-state index in [4.69, 9.17) is 4.74 Å². The standard InChI is InChI=1S/C21H15F2N5O2/c22-14-11-15(23)13-17(12-14)25-21(29)24-16-3-5-18(6-4-16)30-20-8-7-19(26-27-20)28-9-1-2-10-28/h1-13H,(H2,24,25,29). The highest BCUT2D eigenvalue weighted by Gasteiger charge is 2.07. The Balaban J connectivity index is 1.35. The average molecular weight is 407 g/mol. The lowest BCUT2D eigenvalue weighted by Crippen LogP contribution is -2.19. The molecule has 0 atom stereocenters. The normalized spacial score (nSPS) is 10.5. The van der Waals surface area contributed by atoms with Crippen LogP contribution in [0.3, 0.4) is 0 Å². The summed E-state index contributed by atoms with van der Waals surface area (Å²) in [5.74, 6) is -0.0858. The maximum atomic E-state index is 13.2. The summed E-state index contributed by atoms with van der Waals surface area (Å²) >= 11 is 0. The van der Waals surface area contributed by atoms with Crippen molar-refractivity contribution < 1.29 is 18.3 Å². The first-order valence-corrected chi connectivity index (χ1v) is 8.84. The van der Waals surface area contributed by atoms with Crippen LogP contribution in [0.25, 0.3) is 5.82 Å². The average Bonchev–Trinajstić information content (AvgIpc) is 3.24. The number of ether oxygens (including phenoxy) is 1. The van der Waals surface area contributed by atoms with E-state index in [0.29, 0.717) is 23.1 Å². The predicted octanol–water partition coefficient (Wildman–Crippen LogP) is 4.98. The first-order valence-electron chi connectivity index (χ1n) is 8.84. The van der Waals surface area contributed by atoms with Gasteiger partial charge in [0.1, 0.15) is 17.4 Å². The topological polar surface area (TPSA) is 81.1 Å². The Morgan fingerprint density at radius 3 is 2.13 bits per heavy atom. The molecule has 2 amide bonds. The third-order valence-corrected chi connectivity index (χ3v) is 3.95. The van der Waals surface area contributed by atoms with Gasteiger partial charge in [-0.3, -0.25) is 0 Å². The molecule has 0 aliphatic rings. The summed E-state index contributed by atoms with van der Waals surface area (Å²) in [5.41, 5.74) is 0.470. The minimum Gasteiger partial charge on any atom is -0.438 e. The summed E-state index contributed by atoms with van der Waals surface area (Å²) in [6.45, 7) is 0. The maximum absolute atomic E-state index is 13.2. The number of carbonyl (C=O) groups excluding carboxylic acids is 1. The predicted molar refractivity (Wildman–Crippen MR) is 107 cm³/mol. The molecule has 0 radical (unpaired) electrons. The zero-order valence-electron chi connectivity index (χ0n) is 15.4. The van der Waals surface area contributed by atoms with Crippen molar-refractivity contribution in [1.82, 2.24) is 14.8 Å². The van der Waals surface area contributed by atoms with E-state index in [9.17, 15) is 13.6 Å². The van der Waals surface area contributed by atoms with Crippen LogP contribution in [0.4, 0.5) is 25.0 Å². The first kappa shape index (κ1) is 19.1. The number of nitrogens with zero attached hydrogens (tertiary/aromatic N) is 3. The summed E-state index contributed by atoms with van der Waals surface area (Å²) in [7, 11) is 0. The molecule has 2 aromatic carbocycles. The third-order valence-electron chi connectivity index (χ3n) is 3.95. The number of urea groups is 1. The van der Waals surface area contributed by atoms with Crippen LogP contribution < -0.4 is 15.4 Å². The van der Waals surface area contributed by atoms with Crippen LogP contribution in [0.2, 0.25) is 0 Å². The van der Waals surface area contributed by atoms with Crippen molar-refractivity contribution in [2.24, 2.45) is 0 Å². The Morgan fingerprint density at radius 2 is 1.50 bits per heavy atom. The van der Waals surface area contributed by atoms with E-state index >= 15 is 0 Å². The number of hydrogen-bond acceptors (Lipinski definition) is 4. The Hall–Kier alpha value is -4.27. The van der Waals surface area contributed by atoms with Crippen LogP contribution >= 0.6 is 0 Å². The van der Waals surface area contributed by atoms with Crippen molar-refractivity contribution >= 4 is 17.4 Å². The Bertz CT molecular complexity index is 1130. The molecule has 30 heavy (non-hydrogen) atoms. The number of nitrogens with one attached hydrogen (secondary N) is 2. The lowest BCUT2D eigenvalue weighted by atomic mass is 10.3. The van der Waals surface area contributed by atoms with Crippen LogP contribution in [0, 0.1) is 11.6 Å². The molecule has 0 spiro atoms. The highest BCUT2D eigenvalue weighted by atomic mass is 19.1. The van der Waals surface area contributed by atoms with E-state index in [1.165, 1.54) is 0 Å². The van der Waals surface area contributed by atoms with Gasteiger partial charge in [0.25, 0.3) is 0 Å². The Morgan fingerprint density at radius 1 is 0.833 bits per heavy atom. The zero-order chi connectivity index (χ0) is 20.9. The van der Waals surface area contributed by atoms with Gasteiger partial charge in [-0.25, -0.2) is 13.6 Å². The van der Waals surface area contributed by atoms with Gasteiger partial charge in [0, 0.05) is 35.9 Å². The van der Waals surface area contributed by atoms with Gasteiger partial charge in [-0.2, -0.15) is 0 Å². The number of hydrogen-bond donors (Lipinski definition) is 2. The molecule has 0 saturated heterocycles. The molecule has 2 N–H and O–H groups in total. The molecule has 0 saturated carbocycles. The van der Waals surface area contributed by atoms with Gasteiger partial charge in [-0.1, -0.05) is 0 Å². The second kappa shape index (κ2) is 8.39. The third kappa shape index (κ3) is 4.76. The lowest BCUT2D eigenvalue weighted by molar-refractivity contribution is 0.262. The van der Waals surface area contributed by atoms with E-state index in [1.807, 2.05) is 29.1 Å². The van der Waals surface area contributed by atoms with Crippen LogP contribution in [0.15, 0.2) is 79.1 Å². The van der Waals surface area contributed by atoms with Crippen molar-refractivity contribution in [3.8, 4) is 17.4 Å². The molecule has 2 heterocycles. The van der Waals surface area contributed by atoms with E-state index in [0.717, 1.165) is 18.2 Å². The largest absolute Gasteiger partial charge is 0.438 e. The second-order valence-electron chi connectivity index (χ2n) is 6.18. The fourth-order valence-electron chi connectivity index (χ4n) is 2.64. The first-order chi connectivity index (χ1) is 14.5. The zero-order valence-corrected chi connectivity index (χ0v) is 15.4. The summed E-state index contributed by atoms with van der Waals surface area (Å²) in [6, 6.07) is 15.9. The molecule has 0 bridgehead atoms. The molecule has 9 heteroatoms. The molecule has 0 aliphatic heterocycles. The second-order valence-corrected chi connectivity index (χ2v) is 6.18. The molecule has 7 nitrogen and oxygen atoms in total. The molecule has 150 valence electrons. The van der Waals surface area contributed by atoms with Crippen molar-refractivity contribution in [2.75, 3.05) is 10.6 Å². The van der Waals surface area contributed by atoms with E-state index < -0.39 is 17.7 Å². The van der Waals surface area contributed by atoms with Gasteiger partial charge in [0.2, 0.25) is 5.88 Å². The van der Waals surface area contributed by atoms with Crippen LogP contribution in [-0.2, 0) is 0 Å².